The SMILES string of the molecule is C=c1/c(=C\c2sc3cccc(-c4nc(-c5ccccc5)nc(-c5ccccc5)n4)c3c2C)sc2ccc(-n3c4ccccc4c4ccccc43)cc12. The first-order valence-corrected chi connectivity index (χ1v) is 18.9. The van der Waals surface area contributed by atoms with E-state index in [1.807, 2.05) is 60.7 Å². The maximum atomic E-state index is 5.06. The van der Waals surface area contributed by atoms with Crippen molar-refractivity contribution in [1.82, 2.24) is 19.5 Å². The van der Waals surface area contributed by atoms with E-state index >= 15 is 0 Å². The van der Waals surface area contributed by atoms with E-state index in [4.69, 9.17) is 15.0 Å². The third-order valence-corrected chi connectivity index (χ3v) is 12.2. The van der Waals surface area contributed by atoms with Crippen molar-refractivity contribution >= 4 is 77.3 Å². The van der Waals surface area contributed by atoms with Gasteiger partial charge >= 0.3 is 0 Å². The molecule has 0 radical (unpaired) electrons. The van der Waals surface area contributed by atoms with E-state index in [0.717, 1.165) is 27.6 Å². The lowest BCUT2D eigenvalue weighted by atomic mass is 10.0. The molecule has 10 rings (SSSR count). The second-order valence-corrected chi connectivity index (χ2v) is 15.1. The summed E-state index contributed by atoms with van der Waals surface area (Å²) in [4.78, 5) is 16.2. The molecule has 10 aromatic rings. The Bertz CT molecular complexity index is 2990. The highest BCUT2D eigenvalue weighted by Gasteiger charge is 2.18. The molecule has 0 aliphatic rings. The topological polar surface area (TPSA) is 43.6 Å². The minimum atomic E-state index is 0.661. The zero-order chi connectivity index (χ0) is 34.8. The first kappa shape index (κ1) is 30.6. The van der Waals surface area contributed by atoms with Gasteiger partial charge in [-0.25, -0.2) is 15.0 Å². The quantitative estimate of drug-likeness (QED) is 0.179. The third kappa shape index (κ3) is 4.99. The van der Waals surface area contributed by atoms with E-state index in [1.165, 1.54) is 57.0 Å². The summed E-state index contributed by atoms with van der Waals surface area (Å²) in [5.41, 5.74) is 7.69. The number of rotatable bonds is 5. The van der Waals surface area contributed by atoms with Crippen LogP contribution >= 0.6 is 22.7 Å². The zero-order valence-electron chi connectivity index (χ0n) is 28.2. The van der Waals surface area contributed by atoms with Crippen molar-refractivity contribution < 1.29 is 0 Å². The minimum Gasteiger partial charge on any atom is -0.309 e. The molecule has 0 aliphatic heterocycles. The number of fused-ring (bicyclic) bond motifs is 5. The summed E-state index contributed by atoms with van der Waals surface area (Å²) in [6.45, 7) is 6.84. The summed E-state index contributed by atoms with van der Waals surface area (Å²) < 4.78 is 5.97. The van der Waals surface area contributed by atoms with Crippen LogP contribution in [0.15, 0.2) is 146 Å². The second-order valence-electron chi connectivity index (χ2n) is 12.9. The number of benzene rings is 6. The summed E-state index contributed by atoms with van der Waals surface area (Å²) in [6, 6.07) is 50.8. The van der Waals surface area contributed by atoms with Gasteiger partial charge in [-0.1, -0.05) is 116 Å². The van der Waals surface area contributed by atoms with E-state index < -0.39 is 0 Å². The summed E-state index contributed by atoms with van der Waals surface area (Å²) in [7, 11) is 0. The number of nitrogens with zero attached hydrogens (tertiary/aromatic N) is 4. The number of hydrogen-bond donors (Lipinski definition) is 0. The van der Waals surface area contributed by atoms with Gasteiger partial charge in [-0.2, -0.15) is 0 Å². The van der Waals surface area contributed by atoms with Crippen LogP contribution in [0.1, 0.15) is 10.4 Å². The predicted molar refractivity (Wildman–Crippen MR) is 221 cm³/mol. The number of para-hydroxylation sites is 2. The van der Waals surface area contributed by atoms with Crippen molar-refractivity contribution in [3.63, 3.8) is 0 Å². The number of aromatic nitrogens is 4. The van der Waals surface area contributed by atoms with Gasteiger partial charge in [-0.3, -0.25) is 0 Å². The fourth-order valence-electron chi connectivity index (χ4n) is 7.31. The van der Waals surface area contributed by atoms with Gasteiger partial charge in [0.1, 0.15) is 0 Å². The molecule has 0 saturated heterocycles. The minimum absolute atomic E-state index is 0.661. The zero-order valence-corrected chi connectivity index (χ0v) is 29.9. The molecule has 0 saturated carbocycles. The van der Waals surface area contributed by atoms with Crippen LogP contribution in [0, 0.1) is 6.92 Å². The average Bonchev–Trinajstić information content (AvgIpc) is 3.83. The monoisotopic (exact) mass is 702 g/mol. The molecule has 0 fully saturated rings. The number of thiophene rings is 2. The Balaban J connectivity index is 1.11. The van der Waals surface area contributed by atoms with Crippen LogP contribution < -0.4 is 9.75 Å². The van der Waals surface area contributed by atoms with Crippen LogP contribution in [-0.4, -0.2) is 19.5 Å². The largest absolute Gasteiger partial charge is 0.309 e. The molecule has 0 aliphatic carbocycles. The Morgan fingerprint density at radius 3 is 1.81 bits per heavy atom. The Kier molecular flexibility index (Phi) is 7.20. The number of hydrogen-bond acceptors (Lipinski definition) is 5. The van der Waals surface area contributed by atoms with Gasteiger partial charge in [-0.15, -0.1) is 22.7 Å². The van der Waals surface area contributed by atoms with Gasteiger partial charge in [0.05, 0.1) is 11.0 Å². The van der Waals surface area contributed by atoms with Crippen LogP contribution in [-0.2, 0) is 0 Å². The fraction of sp³-hybridized carbons (Fsp3) is 0.0217. The second kappa shape index (κ2) is 12.2. The Hall–Kier alpha value is -6.21. The van der Waals surface area contributed by atoms with Gasteiger partial charge in [0, 0.05) is 62.7 Å². The summed E-state index contributed by atoms with van der Waals surface area (Å²) >= 11 is 3.60. The smallest absolute Gasteiger partial charge is 0.164 e. The van der Waals surface area contributed by atoms with Crippen LogP contribution in [0.4, 0.5) is 0 Å². The van der Waals surface area contributed by atoms with Crippen molar-refractivity contribution in [2.45, 2.75) is 6.92 Å². The van der Waals surface area contributed by atoms with E-state index in [9.17, 15) is 0 Å². The molecule has 0 N–H and O–H groups in total. The molecule has 0 atom stereocenters. The predicted octanol–water partition coefficient (Wildman–Crippen LogP) is 10.9. The van der Waals surface area contributed by atoms with Gasteiger partial charge in [0.25, 0.3) is 0 Å². The first-order valence-electron chi connectivity index (χ1n) is 17.2. The molecule has 0 unspecified atom stereocenters. The molecule has 4 heterocycles. The van der Waals surface area contributed by atoms with E-state index in [2.05, 4.69) is 109 Å². The van der Waals surface area contributed by atoms with Crippen molar-refractivity contribution in [2.75, 3.05) is 0 Å². The van der Waals surface area contributed by atoms with E-state index in [-0.39, 0.29) is 0 Å². The van der Waals surface area contributed by atoms with Crippen molar-refractivity contribution in [2.24, 2.45) is 0 Å². The molecule has 4 aromatic heterocycles. The summed E-state index contributed by atoms with van der Waals surface area (Å²) in [6.07, 6.45) is 2.31. The van der Waals surface area contributed by atoms with Crippen molar-refractivity contribution in [3.8, 4) is 39.9 Å². The number of aryl methyl sites for hydroxylation is 1. The molecule has 0 bridgehead atoms. The van der Waals surface area contributed by atoms with Gasteiger partial charge in [0.15, 0.2) is 17.5 Å². The Morgan fingerprint density at radius 1 is 0.558 bits per heavy atom. The molecular formula is C46H30N4S2. The summed E-state index contributed by atoms with van der Waals surface area (Å²) in [5.74, 6) is 1.99. The third-order valence-electron chi connectivity index (χ3n) is 9.84. The molecule has 52 heavy (non-hydrogen) atoms. The fourth-order valence-corrected chi connectivity index (χ4v) is 9.64. The van der Waals surface area contributed by atoms with E-state index in [1.54, 1.807) is 22.7 Å². The van der Waals surface area contributed by atoms with Crippen molar-refractivity contribution in [3.05, 3.63) is 166 Å². The van der Waals surface area contributed by atoms with Gasteiger partial charge in [0.2, 0.25) is 0 Å². The molecule has 6 heteroatoms. The molecular weight excluding hydrogens is 673 g/mol. The maximum Gasteiger partial charge on any atom is 0.164 e. The lowest BCUT2D eigenvalue weighted by molar-refractivity contribution is 1.08. The molecule has 4 nitrogen and oxygen atoms in total. The van der Waals surface area contributed by atoms with Crippen LogP contribution in [0.25, 0.3) is 94.5 Å². The molecule has 0 amide bonds. The van der Waals surface area contributed by atoms with Crippen LogP contribution in [0.3, 0.4) is 0 Å². The normalized spacial score (nSPS) is 12.1. The molecule has 6 aromatic carbocycles. The maximum absolute atomic E-state index is 5.06. The molecule has 246 valence electrons. The lowest BCUT2D eigenvalue weighted by Crippen LogP contribution is -2.16. The highest BCUT2D eigenvalue weighted by molar-refractivity contribution is 7.20. The lowest BCUT2D eigenvalue weighted by Gasteiger charge is -2.09. The van der Waals surface area contributed by atoms with E-state index in [0.29, 0.717) is 17.5 Å². The van der Waals surface area contributed by atoms with Gasteiger partial charge < -0.3 is 4.57 Å². The Morgan fingerprint density at radius 2 is 1.15 bits per heavy atom. The summed E-state index contributed by atoms with van der Waals surface area (Å²) in [5, 5.41) is 5.93. The highest BCUT2D eigenvalue weighted by atomic mass is 32.1. The molecule has 0 spiro atoms. The van der Waals surface area contributed by atoms with Crippen LogP contribution in [0.5, 0.6) is 0 Å². The Labute approximate surface area is 308 Å². The standard InChI is InChI=1S/C46H30N4S2/c1-28-36-26-32(50-37-21-11-9-18-33(37)34-19-10-12-22-38(34)50)24-25-39(36)51-41(28)27-42-29(2)43-35(20-13-23-40(43)52-42)46-48-44(30-14-5-3-6-15-30)47-45(49-46)31-16-7-4-8-17-31/h3-27H,1H2,2H3/b41-27+. The van der Waals surface area contributed by atoms with Crippen molar-refractivity contribution in [1.29, 1.82) is 0 Å². The first-order chi connectivity index (χ1) is 25.6. The highest BCUT2D eigenvalue weighted by Crippen LogP contribution is 2.38. The van der Waals surface area contributed by atoms with Crippen LogP contribution in [0.2, 0.25) is 0 Å². The van der Waals surface area contributed by atoms with Gasteiger partial charge in [-0.05, 0) is 60.2 Å². The average molecular weight is 703 g/mol.